The molecule has 0 radical (unpaired) electrons. The lowest BCUT2D eigenvalue weighted by atomic mass is 10.1. The first-order chi connectivity index (χ1) is 13.2. The molecule has 8 heteroatoms. The number of aromatic nitrogens is 1. The molecule has 1 saturated heterocycles. The van der Waals surface area contributed by atoms with E-state index in [2.05, 4.69) is 5.16 Å². The molecule has 0 saturated carbocycles. The van der Waals surface area contributed by atoms with Crippen LogP contribution in [0.5, 0.6) is 0 Å². The molecule has 2 aromatic rings. The quantitative estimate of drug-likeness (QED) is 0.785. The molecular formula is C20H24FN3O4. The summed E-state index contributed by atoms with van der Waals surface area (Å²) in [6, 6.07) is 7.31. The second kappa shape index (κ2) is 8.00. The number of hydrogen-bond acceptors (Lipinski definition) is 5. The molecular weight excluding hydrogens is 365 g/mol. The zero-order chi connectivity index (χ0) is 20.3. The van der Waals surface area contributed by atoms with E-state index in [0.717, 1.165) is 0 Å². The van der Waals surface area contributed by atoms with Crippen LogP contribution >= 0.6 is 0 Å². The predicted molar refractivity (Wildman–Crippen MR) is 100 cm³/mol. The number of nitrogens with zero attached hydrogens (tertiary/aromatic N) is 3. The van der Waals surface area contributed by atoms with Crippen LogP contribution in [0.4, 0.5) is 9.18 Å². The van der Waals surface area contributed by atoms with Crippen LogP contribution in [0.15, 0.2) is 34.9 Å². The Balaban J connectivity index is 1.64. The summed E-state index contributed by atoms with van der Waals surface area (Å²) in [4.78, 5) is 28.3. The van der Waals surface area contributed by atoms with Crippen molar-refractivity contribution in [3.05, 3.63) is 41.8 Å². The minimum Gasteiger partial charge on any atom is -0.444 e. The number of hydrogen-bond donors (Lipinski definition) is 0. The van der Waals surface area contributed by atoms with Crippen LogP contribution in [0.3, 0.4) is 0 Å². The van der Waals surface area contributed by atoms with E-state index in [4.69, 9.17) is 9.26 Å². The molecule has 150 valence electrons. The Morgan fingerprint density at radius 2 is 1.71 bits per heavy atom. The maximum absolute atomic E-state index is 13.1. The summed E-state index contributed by atoms with van der Waals surface area (Å²) in [5.41, 5.74) is 0.265. The molecule has 0 bridgehead atoms. The Morgan fingerprint density at radius 3 is 2.39 bits per heavy atom. The fourth-order valence-corrected chi connectivity index (χ4v) is 2.92. The van der Waals surface area contributed by atoms with E-state index in [9.17, 15) is 14.0 Å². The molecule has 1 aromatic carbocycles. The Bertz CT molecular complexity index is 842. The van der Waals surface area contributed by atoms with Crippen LogP contribution in [0, 0.1) is 5.82 Å². The van der Waals surface area contributed by atoms with Gasteiger partial charge in [0.2, 0.25) is 0 Å². The average Bonchev–Trinajstić information content (AvgIpc) is 2.98. The first kappa shape index (κ1) is 19.9. The van der Waals surface area contributed by atoms with Crippen LogP contribution in [-0.2, 0) is 4.74 Å². The Morgan fingerprint density at radius 1 is 1.07 bits per heavy atom. The standard InChI is InChI=1S/C20H24FN3O4/c1-20(2,3)27-19(26)24-10-4-9-23(11-12-24)18(25)16-13-17(28-22-16)14-5-7-15(21)8-6-14/h5-8,13H,4,9-12H2,1-3H3. The molecule has 0 spiro atoms. The lowest BCUT2D eigenvalue weighted by Crippen LogP contribution is -2.40. The second-order valence-electron chi connectivity index (χ2n) is 7.70. The minimum atomic E-state index is -0.559. The highest BCUT2D eigenvalue weighted by molar-refractivity contribution is 5.93. The smallest absolute Gasteiger partial charge is 0.410 e. The lowest BCUT2D eigenvalue weighted by molar-refractivity contribution is 0.0255. The molecule has 1 aliphatic heterocycles. The van der Waals surface area contributed by atoms with E-state index in [0.29, 0.717) is 43.9 Å². The van der Waals surface area contributed by atoms with E-state index in [1.807, 2.05) is 20.8 Å². The zero-order valence-corrected chi connectivity index (χ0v) is 16.3. The van der Waals surface area contributed by atoms with Crippen molar-refractivity contribution in [1.29, 1.82) is 0 Å². The monoisotopic (exact) mass is 389 g/mol. The SMILES string of the molecule is CC(C)(C)OC(=O)N1CCCN(C(=O)c2cc(-c3ccc(F)cc3)on2)CC1. The van der Waals surface area contributed by atoms with Crippen molar-refractivity contribution >= 4 is 12.0 Å². The third-order valence-corrected chi connectivity index (χ3v) is 4.29. The second-order valence-corrected chi connectivity index (χ2v) is 7.70. The average molecular weight is 389 g/mol. The van der Waals surface area contributed by atoms with E-state index >= 15 is 0 Å². The van der Waals surface area contributed by atoms with E-state index in [-0.39, 0.29) is 23.5 Å². The van der Waals surface area contributed by atoms with Gasteiger partial charge in [0.15, 0.2) is 11.5 Å². The largest absolute Gasteiger partial charge is 0.444 e. The highest BCUT2D eigenvalue weighted by Gasteiger charge is 2.27. The maximum Gasteiger partial charge on any atom is 0.410 e. The summed E-state index contributed by atoms with van der Waals surface area (Å²) in [6.07, 6.45) is 0.273. The van der Waals surface area contributed by atoms with Gasteiger partial charge in [-0.1, -0.05) is 5.16 Å². The first-order valence-electron chi connectivity index (χ1n) is 9.23. The van der Waals surface area contributed by atoms with Crippen molar-refractivity contribution in [2.45, 2.75) is 32.8 Å². The Kier molecular flexibility index (Phi) is 5.67. The number of amides is 2. The number of carbonyl (C=O) groups is 2. The summed E-state index contributed by atoms with van der Waals surface area (Å²) in [7, 11) is 0. The molecule has 28 heavy (non-hydrogen) atoms. The molecule has 0 unspecified atom stereocenters. The van der Waals surface area contributed by atoms with E-state index in [1.54, 1.807) is 28.0 Å². The van der Waals surface area contributed by atoms with Gasteiger partial charge in [-0.3, -0.25) is 4.79 Å². The van der Waals surface area contributed by atoms with Gasteiger partial charge in [-0.15, -0.1) is 0 Å². The van der Waals surface area contributed by atoms with Crippen molar-refractivity contribution < 1.29 is 23.2 Å². The molecule has 2 amide bonds. The molecule has 0 N–H and O–H groups in total. The summed E-state index contributed by atoms with van der Waals surface area (Å²) in [6.45, 7) is 7.28. The fraction of sp³-hybridized carbons (Fsp3) is 0.450. The summed E-state index contributed by atoms with van der Waals surface area (Å²) < 4.78 is 23.7. The van der Waals surface area contributed by atoms with Crippen molar-refractivity contribution in [2.75, 3.05) is 26.2 Å². The first-order valence-corrected chi connectivity index (χ1v) is 9.23. The summed E-state index contributed by atoms with van der Waals surface area (Å²) in [5, 5.41) is 3.86. The van der Waals surface area contributed by atoms with Gasteiger partial charge in [0.25, 0.3) is 5.91 Å². The van der Waals surface area contributed by atoms with E-state index in [1.165, 1.54) is 12.1 Å². The topological polar surface area (TPSA) is 75.9 Å². The minimum absolute atomic E-state index is 0.185. The molecule has 1 aliphatic rings. The number of carbonyl (C=O) groups excluding carboxylic acids is 2. The zero-order valence-electron chi connectivity index (χ0n) is 16.3. The molecule has 3 rings (SSSR count). The fourth-order valence-electron chi connectivity index (χ4n) is 2.92. The molecule has 2 heterocycles. The molecule has 0 aliphatic carbocycles. The van der Waals surface area contributed by atoms with Crippen LogP contribution in [-0.4, -0.2) is 58.7 Å². The molecule has 1 fully saturated rings. The summed E-state index contributed by atoms with van der Waals surface area (Å²) in [5.74, 6) is -0.213. The van der Waals surface area contributed by atoms with Gasteiger partial charge in [0, 0.05) is 37.8 Å². The van der Waals surface area contributed by atoms with Crippen LogP contribution < -0.4 is 0 Å². The van der Waals surface area contributed by atoms with Crippen molar-refractivity contribution in [3.63, 3.8) is 0 Å². The van der Waals surface area contributed by atoms with E-state index < -0.39 is 5.60 Å². The van der Waals surface area contributed by atoms with Crippen molar-refractivity contribution in [1.82, 2.24) is 15.0 Å². The number of rotatable bonds is 2. The number of halogens is 1. The van der Waals surface area contributed by atoms with Gasteiger partial charge in [0.1, 0.15) is 11.4 Å². The van der Waals surface area contributed by atoms with Crippen LogP contribution in [0.25, 0.3) is 11.3 Å². The van der Waals surface area contributed by atoms with Crippen molar-refractivity contribution in [3.8, 4) is 11.3 Å². The number of benzene rings is 1. The highest BCUT2D eigenvalue weighted by Crippen LogP contribution is 2.21. The number of ether oxygens (including phenoxy) is 1. The molecule has 1 aromatic heterocycles. The maximum atomic E-state index is 13.1. The molecule has 7 nitrogen and oxygen atoms in total. The van der Waals surface area contributed by atoms with Gasteiger partial charge in [0.05, 0.1) is 0 Å². The Labute approximate surface area is 163 Å². The highest BCUT2D eigenvalue weighted by atomic mass is 19.1. The third kappa shape index (κ3) is 4.88. The van der Waals surface area contributed by atoms with Gasteiger partial charge in [-0.25, -0.2) is 9.18 Å². The summed E-state index contributed by atoms with van der Waals surface area (Å²) >= 11 is 0. The Hall–Kier alpha value is -2.90. The van der Waals surface area contributed by atoms with Gasteiger partial charge in [-0.05, 0) is 51.5 Å². The normalized spacial score (nSPS) is 15.3. The predicted octanol–water partition coefficient (Wildman–Crippen LogP) is 3.56. The van der Waals surface area contributed by atoms with Crippen molar-refractivity contribution in [2.24, 2.45) is 0 Å². The van der Waals surface area contributed by atoms with Crippen LogP contribution in [0.2, 0.25) is 0 Å². The van der Waals surface area contributed by atoms with Gasteiger partial charge in [-0.2, -0.15) is 0 Å². The van der Waals surface area contributed by atoms with Gasteiger partial charge < -0.3 is 19.1 Å². The molecule has 0 atom stereocenters. The third-order valence-electron chi connectivity index (χ3n) is 4.29. The lowest BCUT2D eigenvalue weighted by Gasteiger charge is -2.26. The van der Waals surface area contributed by atoms with Gasteiger partial charge >= 0.3 is 6.09 Å². The van der Waals surface area contributed by atoms with Crippen LogP contribution in [0.1, 0.15) is 37.7 Å².